The summed E-state index contributed by atoms with van der Waals surface area (Å²) in [5.74, 6) is -0.576. The summed E-state index contributed by atoms with van der Waals surface area (Å²) < 4.78 is 13.0. The summed E-state index contributed by atoms with van der Waals surface area (Å²) >= 11 is 7.13. The highest BCUT2D eigenvalue weighted by molar-refractivity contribution is 7.13. The number of benzene rings is 2. The molecule has 1 fully saturated rings. The van der Waals surface area contributed by atoms with Crippen LogP contribution in [0.15, 0.2) is 48.5 Å². The van der Waals surface area contributed by atoms with E-state index >= 15 is 0 Å². The standard InChI is InChI=1S/C22H20ClFN4O2S/c23-16-3-1-14(2-4-16)20(29)15-9-11-28(12-10-15)13-19-26-27-22(31-19)21(30)25-18-7-5-17(24)6-8-18/h1-8,15H,9-13H2,(H,25,30). The zero-order valence-corrected chi connectivity index (χ0v) is 18.1. The zero-order chi connectivity index (χ0) is 21.8. The maximum absolute atomic E-state index is 13.0. The lowest BCUT2D eigenvalue weighted by Crippen LogP contribution is -2.35. The third-order valence-corrected chi connectivity index (χ3v) is 6.37. The van der Waals surface area contributed by atoms with Crippen LogP contribution in [0.2, 0.25) is 5.02 Å². The number of nitrogens with one attached hydrogen (secondary N) is 1. The molecule has 31 heavy (non-hydrogen) atoms. The highest BCUT2D eigenvalue weighted by Gasteiger charge is 2.26. The molecule has 1 amide bonds. The molecule has 0 aliphatic carbocycles. The summed E-state index contributed by atoms with van der Waals surface area (Å²) in [5.41, 5.74) is 1.19. The molecule has 1 N–H and O–H groups in total. The largest absolute Gasteiger partial charge is 0.320 e. The van der Waals surface area contributed by atoms with Gasteiger partial charge in [0.05, 0.1) is 6.54 Å². The van der Waals surface area contributed by atoms with E-state index in [0.29, 0.717) is 22.8 Å². The predicted molar refractivity (Wildman–Crippen MR) is 118 cm³/mol. The quantitative estimate of drug-likeness (QED) is 0.543. The van der Waals surface area contributed by atoms with Crippen LogP contribution in [-0.2, 0) is 6.54 Å². The van der Waals surface area contributed by atoms with Gasteiger partial charge in [0.15, 0.2) is 5.78 Å². The van der Waals surface area contributed by atoms with Crippen LogP contribution in [0, 0.1) is 11.7 Å². The Morgan fingerprint density at radius 1 is 1.06 bits per heavy atom. The predicted octanol–water partition coefficient (Wildman–Crippen LogP) is 4.68. The van der Waals surface area contributed by atoms with Gasteiger partial charge in [-0.1, -0.05) is 22.9 Å². The third kappa shape index (κ3) is 5.52. The van der Waals surface area contributed by atoms with Gasteiger partial charge >= 0.3 is 0 Å². The van der Waals surface area contributed by atoms with Gasteiger partial charge in [0.1, 0.15) is 10.8 Å². The molecular weight excluding hydrogens is 439 g/mol. The fourth-order valence-corrected chi connectivity index (χ4v) is 4.42. The van der Waals surface area contributed by atoms with E-state index in [1.165, 1.54) is 35.6 Å². The molecular formula is C22H20ClFN4O2S. The zero-order valence-electron chi connectivity index (χ0n) is 16.6. The SMILES string of the molecule is O=C(Nc1ccc(F)cc1)c1nnc(CN2CCC(C(=O)c3ccc(Cl)cc3)CC2)s1. The van der Waals surface area contributed by atoms with Gasteiger partial charge in [-0.3, -0.25) is 14.5 Å². The molecule has 0 unspecified atom stereocenters. The molecule has 0 spiro atoms. The minimum absolute atomic E-state index is 0.00360. The Labute approximate surface area is 188 Å². The molecule has 0 radical (unpaired) electrons. The fourth-order valence-electron chi connectivity index (χ4n) is 3.52. The molecule has 0 bridgehead atoms. The normalized spacial score (nSPS) is 15.0. The third-order valence-electron chi connectivity index (χ3n) is 5.21. The van der Waals surface area contributed by atoms with E-state index in [4.69, 9.17) is 11.6 Å². The molecule has 9 heteroatoms. The van der Waals surface area contributed by atoms with E-state index in [2.05, 4.69) is 20.4 Å². The minimum Gasteiger partial charge on any atom is -0.320 e. The number of piperidine rings is 1. The molecule has 2 heterocycles. The van der Waals surface area contributed by atoms with Crippen molar-refractivity contribution >= 4 is 40.3 Å². The Morgan fingerprint density at radius 2 is 1.74 bits per heavy atom. The van der Waals surface area contributed by atoms with Crippen LogP contribution >= 0.6 is 22.9 Å². The average molecular weight is 459 g/mol. The lowest BCUT2D eigenvalue weighted by molar-refractivity contribution is 0.0834. The number of Topliss-reactive ketones (excluding diaryl/α,β-unsaturated/α-hetero) is 1. The number of hydrogen-bond acceptors (Lipinski definition) is 6. The molecule has 160 valence electrons. The highest BCUT2D eigenvalue weighted by Crippen LogP contribution is 2.24. The van der Waals surface area contributed by atoms with Crippen molar-refractivity contribution in [2.24, 2.45) is 5.92 Å². The van der Waals surface area contributed by atoms with Crippen LogP contribution in [0.4, 0.5) is 10.1 Å². The first-order chi connectivity index (χ1) is 15.0. The number of rotatable bonds is 6. The molecule has 4 rings (SSSR count). The topological polar surface area (TPSA) is 75.2 Å². The van der Waals surface area contributed by atoms with Crippen molar-refractivity contribution in [3.63, 3.8) is 0 Å². The van der Waals surface area contributed by atoms with Gasteiger partial charge in [0.25, 0.3) is 5.91 Å². The van der Waals surface area contributed by atoms with Crippen molar-refractivity contribution < 1.29 is 14.0 Å². The number of likely N-dealkylation sites (tertiary alicyclic amines) is 1. The van der Waals surface area contributed by atoms with Crippen LogP contribution in [0.1, 0.15) is 38.0 Å². The van der Waals surface area contributed by atoms with Crippen LogP contribution in [0.5, 0.6) is 0 Å². The van der Waals surface area contributed by atoms with E-state index < -0.39 is 0 Å². The summed E-state index contributed by atoms with van der Waals surface area (Å²) in [4.78, 5) is 27.2. The highest BCUT2D eigenvalue weighted by atomic mass is 35.5. The number of amides is 1. The lowest BCUT2D eigenvalue weighted by Gasteiger charge is -2.30. The number of anilines is 1. The van der Waals surface area contributed by atoms with Crippen molar-refractivity contribution in [2.45, 2.75) is 19.4 Å². The van der Waals surface area contributed by atoms with Crippen LogP contribution in [0.3, 0.4) is 0 Å². The number of aromatic nitrogens is 2. The molecule has 6 nitrogen and oxygen atoms in total. The van der Waals surface area contributed by atoms with E-state index in [1.807, 2.05) is 0 Å². The first-order valence-corrected chi connectivity index (χ1v) is 11.1. The van der Waals surface area contributed by atoms with Gasteiger partial charge in [0, 0.05) is 22.2 Å². The number of hydrogen-bond donors (Lipinski definition) is 1. The molecule has 1 aliphatic heterocycles. The Hall–Kier alpha value is -2.68. The Morgan fingerprint density at radius 3 is 2.42 bits per heavy atom. The average Bonchev–Trinajstić information content (AvgIpc) is 3.25. The first kappa shape index (κ1) is 21.5. The van der Waals surface area contributed by atoms with Gasteiger partial charge in [-0.05, 0) is 74.5 Å². The molecule has 1 saturated heterocycles. The van der Waals surface area contributed by atoms with Crippen LogP contribution in [-0.4, -0.2) is 39.9 Å². The second kappa shape index (κ2) is 9.64. The van der Waals surface area contributed by atoms with Crippen molar-refractivity contribution in [3.05, 3.63) is 74.9 Å². The Balaban J connectivity index is 1.28. The molecule has 0 atom stereocenters. The second-order valence-corrected chi connectivity index (χ2v) is 8.88. The number of halogens is 2. The lowest BCUT2D eigenvalue weighted by atomic mass is 9.89. The van der Waals surface area contributed by atoms with Gasteiger partial charge in [0.2, 0.25) is 5.01 Å². The molecule has 1 aliphatic rings. The van der Waals surface area contributed by atoms with Crippen LogP contribution in [0.25, 0.3) is 0 Å². The van der Waals surface area contributed by atoms with Gasteiger partial charge in [-0.2, -0.15) is 0 Å². The van der Waals surface area contributed by atoms with Gasteiger partial charge in [-0.15, -0.1) is 10.2 Å². The van der Waals surface area contributed by atoms with E-state index in [-0.39, 0.29) is 28.4 Å². The first-order valence-electron chi connectivity index (χ1n) is 9.89. The van der Waals surface area contributed by atoms with Gasteiger partial charge in [-0.25, -0.2) is 4.39 Å². The molecule has 0 saturated carbocycles. The monoisotopic (exact) mass is 458 g/mol. The number of carbonyl (C=O) groups is 2. The number of nitrogens with zero attached hydrogens (tertiary/aromatic N) is 3. The van der Waals surface area contributed by atoms with Crippen molar-refractivity contribution in [2.75, 3.05) is 18.4 Å². The van der Waals surface area contributed by atoms with Gasteiger partial charge < -0.3 is 5.32 Å². The van der Waals surface area contributed by atoms with E-state index in [0.717, 1.165) is 30.9 Å². The van der Waals surface area contributed by atoms with Crippen LogP contribution < -0.4 is 5.32 Å². The number of ketones is 1. The Kier molecular flexibility index (Phi) is 6.70. The number of carbonyl (C=O) groups excluding carboxylic acids is 2. The maximum Gasteiger partial charge on any atom is 0.286 e. The smallest absolute Gasteiger partial charge is 0.286 e. The Bertz CT molecular complexity index is 1060. The van der Waals surface area contributed by atoms with Crippen molar-refractivity contribution in [1.82, 2.24) is 15.1 Å². The summed E-state index contributed by atoms with van der Waals surface area (Å²) in [6.07, 6.45) is 1.55. The summed E-state index contributed by atoms with van der Waals surface area (Å²) in [6.45, 7) is 2.14. The van der Waals surface area contributed by atoms with Crippen molar-refractivity contribution in [3.8, 4) is 0 Å². The molecule has 2 aromatic carbocycles. The molecule has 3 aromatic rings. The summed E-state index contributed by atoms with van der Waals surface area (Å²) in [7, 11) is 0. The maximum atomic E-state index is 13.0. The molecule has 1 aromatic heterocycles. The van der Waals surface area contributed by atoms with E-state index in [9.17, 15) is 14.0 Å². The summed E-state index contributed by atoms with van der Waals surface area (Å²) in [6, 6.07) is 12.6. The second-order valence-electron chi connectivity index (χ2n) is 7.38. The van der Waals surface area contributed by atoms with Crippen molar-refractivity contribution in [1.29, 1.82) is 0 Å². The summed E-state index contributed by atoms with van der Waals surface area (Å²) in [5, 5.41) is 12.4. The van der Waals surface area contributed by atoms with E-state index in [1.54, 1.807) is 24.3 Å². The minimum atomic E-state index is -0.373. The fraction of sp³-hybridized carbons (Fsp3) is 0.273.